The van der Waals surface area contributed by atoms with Gasteiger partial charge in [0, 0.05) is 0 Å². The number of aliphatic hydroxyl groups excluding tert-OH is 1. The van der Waals surface area contributed by atoms with E-state index in [4.69, 9.17) is 9.63 Å². The summed E-state index contributed by atoms with van der Waals surface area (Å²) in [4.78, 5) is 25.0. The molecule has 0 radical (unpaired) electrons. The molecule has 3 aliphatic heterocycles. The van der Waals surface area contributed by atoms with Crippen LogP contribution in [-0.4, -0.2) is 101 Å². The molecule has 0 unspecified atom stereocenters. The summed E-state index contributed by atoms with van der Waals surface area (Å²) in [6.07, 6.45) is 3.81. The summed E-state index contributed by atoms with van der Waals surface area (Å²) in [7, 11) is 0. The number of alkyl halides is 1. The van der Waals surface area contributed by atoms with E-state index in [1.807, 2.05) is 12.7 Å². The Labute approximate surface area is 183 Å². The van der Waals surface area contributed by atoms with Crippen LogP contribution in [0.4, 0.5) is 4.39 Å². The Morgan fingerprint density at radius 1 is 1.40 bits per heavy atom. The van der Waals surface area contributed by atoms with Gasteiger partial charge in [-0.1, -0.05) is 0 Å². The molecule has 1 aromatic heterocycles. The van der Waals surface area contributed by atoms with Gasteiger partial charge in [-0.3, -0.25) is 0 Å². The molecule has 1 aromatic rings. The Morgan fingerprint density at radius 3 is 2.97 bits per heavy atom. The van der Waals surface area contributed by atoms with Gasteiger partial charge < -0.3 is 5.11 Å². The van der Waals surface area contributed by atoms with Crippen LogP contribution >= 0.6 is 0 Å². The second-order valence-electron chi connectivity index (χ2n) is 9.03. The van der Waals surface area contributed by atoms with Crippen LogP contribution in [0, 0.1) is 5.92 Å². The van der Waals surface area contributed by atoms with E-state index in [9.17, 15) is 9.18 Å². The standard InChI is InChI=1S/C14H21N4O3.C6H8FN.In/c19-9-14(20)18-4-1-2-12(18)8-17-5-3-11(7-17)6-13-15-10-16-21-13;1-5(8-4)6(2,3)7;/h11-12,19H,1-9H2;1,4H,2-3H3;/t11-,12+;;/m0../s1. The molecule has 30 heavy (non-hydrogen) atoms. The predicted octanol–water partition coefficient (Wildman–Crippen LogP) is 0.414. The second kappa shape index (κ2) is 9.08. The molecule has 4 rings (SSSR count). The molecule has 8 nitrogen and oxygen atoms in total. The van der Waals surface area contributed by atoms with E-state index in [0.717, 1.165) is 55.4 Å². The number of nitrogens with zero attached hydrogens (tertiary/aromatic N) is 5. The molecule has 2 atom stereocenters. The van der Waals surface area contributed by atoms with Gasteiger partial charge >= 0.3 is 179 Å². The van der Waals surface area contributed by atoms with Crippen LogP contribution in [0.25, 0.3) is 0 Å². The first-order valence-corrected chi connectivity index (χ1v) is 16.2. The monoisotopic (exact) mass is 521 g/mol. The Bertz CT molecular complexity index is 837. The maximum atomic E-state index is 14.1. The summed E-state index contributed by atoms with van der Waals surface area (Å²) >= 11 is -2.53. The van der Waals surface area contributed by atoms with Crippen LogP contribution in [0.5, 0.6) is 0 Å². The average molecular weight is 521 g/mol. The summed E-state index contributed by atoms with van der Waals surface area (Å²) < 4.78 is 24.1. The SMILES string of the molecule is CC(C)(F)C1=[CH][In]([c]2noc(C[C@@H]3CCN(C[C@H]4CCCN4C(=O)CO)C3)n2)[CH]=N1. The molecule has 0 saturated carbocycles. The summed E-state index contributed by atoms with van der Waals surface area (Å²) in [5.74, 6) is 0.938. The topological polar surface area (TPSA) is 95.1 Å². The van der Waals surface area contributed by atoms with Gasteiger partial charge in [0.25, 0.3) is 0 Å². The number of hydrogen-bond acceptors (Lipinski definition) is 7. The molecule has 1 amide bonds. The van der Waals surface area contributed by atoms with Crippen molar-refractivity contribution in [3.63, 3.8) is 0 Å². The third-order valence-electron chi connectivity index (χ3n) is 6.24. The average Bonchev–Trinajstić information content (AvgIpc) is 3.48. The number of aromatic nitrogens is 2. The molecule has 3 aliphatic rings. The number of carbonyl (C=O) groups is 1. The maximum absolute atomic E-state index is 14.1. The molecule has 1 N–H and O–H groups in total. The van der Waals surface area contributed by atoms with Gasteiger partial charge in [-0.25, -0.2) is 0 Å². The zero-order chi connectivity index (χ0) is 21.3. The molecular weight excluding hydrogens is 492 g/mol. The summed E-state index contributed by atoms with van der Waals surface area (Å²) in [6, 6.07) is 0.204. The normalized spacial score (nSPS) is 24.9. The number of hydrogen-bond donors (Lipinski definition) is 1. The number of amides is 1. The van der Waals surface area contributed by atoms with E-state index in [1.165, 1.54) is 13.8 Å². The fraction of sp³-hybridized carbons (Fsp3) is 0.700. The van der Waals surface area contributed by atoms with Crippen molar-refractivity contribution in [1.29, 1.82) is 0 Å². The van der Waals surface area contributed by atoms with Crippen molar-refractivity contribution in [2.75, 3.05) is 32.8 Å². The third-order valence-corrected chi connectivity index (χ3v) is 11.9. The van der Waals surface area contributed by atoms with Crippen LogP contribution in [0.2, 0.25) is 0 Å². The third kappa shape index (κ3) is 4.96. The zero-order valence-corrected chi connectivity index (χ0v) is 20.9. The number of halogens is 1. The summed E-state index contributed by atoms with van der Waals surface area (Å²) in [5.41, 5.74) is -0.944. The first-order valence-electron chi connectivity index (χ1n) is 10.7. The molecule has 0 aliphatic carbocycles. The van der Waals surface area contributed by atoms with Crippen molar-refractivity contribution < 1.29 is 18.8 Å². The molecule has 162 valence electrons. The Hall–Kier alpha value is -1.26. The molecular formula is C20H29FInN5O3. The predicted molar refractivity (Wildman–Crippen MR) is 112 cm³/mol. The van der Waals surface area contributed by atoms with Crippen LogP contribution in [0.15, 0.2) is 19.0 Å². The minimum atomic E-state index is -2.53. The Kier molecular flexibility index (Phi) is 6.64. The fourth-order valence-corrected chi connectivity index (χ4v) is 10.3. The molecule has 4 heterocycles. The molecule has 2 saturated heterocycles. The Morgan fingerprint density at radius 2 is 2.23 bits per heavy atom. The number of carbonyl (C=O) groups excluding carboxylic acids is 1. The van der Waals surface area contributed by atoms with Crippen molar-refractivity contribution in [3.05, 3.63) is 15.4 Å². The van der Waals surface area contributed by atoms with E-state index in [2.05, 4.69) is 20.0 Å². The van der Waals surface area contributed by atoms with Gasteiger partial charge in [-0.2, -0.15) is 0 Å². The van der Waals surface area contributed by atoms with Crippen molar-refractivity contribution >= 4 is 34.9 Å². The number of aliphatic imine (C=N–C) groups is 1. The van der Waals surface area contributed by atoms with Crippen molar-refractivity contribution in [2.45, 2.75) is 51.2 Å². The zero-order valence-electron chi connectivity index (χ0n) is 17.6. The molecule has 0 aromatic carbocycles. The van der Waals surface area contributed by atoms with Gasteiger partial charge in [0.05, 0.1) is 0 Å². The number of rotatable bonds is 7. The van der Waals surface area contributed by atoms with E-state index in [1.54, 1.807) is 0 Å². The Balaban J connectivity index is 1.29. The van der Waals surface area contributed by atoms with E-state index >= 15 is 0 Å². The summed E-state index contributed by atoms with van der Waals surface area (Å²) in [6.45, 7) is 6.18. The van der Waals surface area contributed by atoms with E-state index in [0.29, 0.717) is 17.5 Å². The van der Waals surface area contributed by atoms with Crippen LogP contribution in [0.1, 0.15) is 39.0 Å². The minimum absolute atomic E-state index is 0.165. The van der Waals surface area contributed by atoms with Gasteiger partial charge in [-0.05, 0) is 0 Å². The van der Waals surface area contributed by atoms with Gasteiger partial charge in [-0.15, -0.1) is 0 Å². The number of likely N-dealkylation sites (tertiary alicyclic amines) is 2. The first-order chi connectivity index (χ1) is 14.3. The molecule has 2 fully saturated rings. The van der Waals surface area contributed by atoms with Crippen molar-refractivity contribution in [2.24, 2.45) is 10.9 Å². The van der Waals surface area contributed by atoms with E-state index < -0.39 is 33.7 Å². The van der Waals surface area contributed by atoms with E-state index in [-0.39, 0.29) is 11.9 Å². The van der Waals surface area contributed by atoms with Crippen molar-refractivity contribution in [1.82, 2.24) is 19.9 Å². The van der Waals surface area contributed by atoms with Gasteiger partial charge in [0.2, 0.25) is 0 Å². The molecule has 0 bridgehead atoms. The second-order valence-corrected chi connectivity index (χ2v) is 15.3. The molecule has 0 spiro atoms. The summed E-state index contributed by atoms with van der Waals surface area (Å²) in [5, 5.41) is 13.3. The van der Waals surface area contributed by atoms with Gasteiger partial charge in [0.15, 0.2) is 0 Å². The van der Waals surface area contributed by atoms with Crippen molar-refractivity contribution in [3.8, 4) is 0 Å². The molecule has 10 heteroatoms. The van der Waals surface area contributed by atoms with Crippen LogP contribution < -0.4 is 3.58 Å². The number of aliphatic hydroxyl groups is 1. The van der Waals surface area contributed by atoms with Crippen LogP contribution in [-0.2, 0) is 11.2 Å². The quantitative estimate of drug-likeness (QED) is 0.559. The fourth-order valence-electron chi connectivity index (χ4n) is 4.63. The van der Waals surface area contributed by atoms with Gasteiger partial charge in [0.1, 0.15) is 0 Å². The number of allylic oxidation sites excluding steroid dienone is 1. The first kappa shape index (κ1) is 22.0. The van der Waals surface area contributed by atoms with Crippen LogP contribution in [0.3, 0.4) is 0 Å².